The fourth-order valence-corrected chi connectivity index (χ4v) is 4.04. The predicted octanol–water partition coefficient (Wildman–Crippen LogP) is 4.14. The molecule has 3 heterocycles. The minimum absolute atomic E-state index is 0.185. The van der Waals surface area contributed by atoms with Gasteiger partial charge in [-0.05, 0) is 37.3 Å². The lowest BCUT2D eigenvalue weighted by Gasteiger charge is -2.35. The number of rotatable bonds is 3. The molecule has 8 heteroatoms. The lowest BCUT2D eigenvalue weighted by Crippen LogP contribution is -2.39. The molecular weight excluding hydrogens is 388 g/mol. The normalized spacial score (nSPS) is 18.7. The molecule has 0 saturated carbocycles. The van der Waals surface area contributed by atoms with Crippen molar-refractivity contribution in [3.05, 3.63) is 58.4 Å². The molecule has 1 aliphatic rings. The second-order valence-electron chi connectivity index (χ2n) is 7.81. The highest BCUT2D eigenvalue weighted by molar-refractivity contribution is 5.61. The summed E-state index contributed by atoms with van der Waals surface area (Å²) in [5.74, 6) is 1.47. The van der Waals surface area contributed by atoms with Crippen molar-refractivity contribution >= 4 is 5.95 Å². The van der Waals surface area contributed by atoms with Crippen molar-refractivity contribution in [2.45, 2.75) is 27.2 Å². The number of aryl methyl sites for hydroxylation is 1. The number of piperidine rings is 1. The number of nitrogens with zero attached hydrogens (tertiary/aromatic N) is 4. The molecule has 1 fully saturated rings. The van der Waals surface area contributed by atoms with E-state index in [0.29, 0.717) is 24.7 Å². The average molecular weight is 415 g/mol. The van der Waals surface area contributed by atoms with E-state index in [1.807, 2.05) is 6.92 Å². The molecule has 1 aromatic carbocycles. The van der Waals surface area contributed by atoms with Gasteiger partial charge in [0, 0.05) is 30.9 Å². The number of para-hydroxylation sites is 1. The summed E-state index contributed by atoms with van der Waals surface area (Å²) in [6, 6.07) is 7.61. The molecule has 1 saturated heterocycles. The molecule has 3 aromatic rings. The highest BCUT2D eigenvalue weighted by atomic mass is 19.1. The number of anilines is 1. The van der Waals surface area contributed by atoms with Crippen LogP contribution >= 0.6 is 0 Å². The van der Waals surface area contributed by atoms with Crippen LogP contribution in [0.2, 0.25) is 0 Å². The molecule has 30 heavy (non-hydrogen) atoms. The highest BCUT2D eigenvalue weighted by Gasteiger charge is 2.24. The molecule has 0 bridgehead atoms. The van der Waals surface area contributed by atoms with Crippen LogP contribution in [0.15, 0.2) is 41.3 Å². The van der Waals surface area contributed by atoms with Gasteiger partial charge >= 0.3 is 0 Å². The van der Waals surface area contributed by atoms with Crippen molar-refractivity contribution in [1.82, 2.24) is 19.7 Å². The molecule has 0 aliphatic carbocycles. The fraction of sp³-hybridized carbons (Fsp3) is 0.409. The Bertz CT molecular complexity index is 1050. The zero-order valence-corrected chi connectivity index (χ0v) is 17.7. The van der Waals surface area contributed by atoms with Gasteiger partial charge in [0.05, 0.1) is 18.6 Å². The van der Waals surface area contributed by atoms with Gasteiger partial charge in [0.15, 0.2) is 0 Å². The third kappa shape index (κ3) is 4.42. The molecule has 1 N–H and O–H groups in total. The Morgan fingerprint density at radius 1 is 1.13 bits per heavy atom. The first-order chi connectivity index (χ1) is 14.4. The molecule has 2 unspecified atom stereocenters. The molecule has 4 rings (SSSR count). The average Bonchev–Trinajstić information content (AvgIpc) is 3.10. The number of halogens is 2. The topological polar surface area (TPSA) is 66.8 Å². The van der Waals surface area contributed by atoms with Crippen LogP contribution in [0, 0.1) is 24.6 Å². The SMILES string of the molecule is CF.Cc1nc(N2CC(C)CC(C)C2)ncc1-c1cc(=O)n(-c2ccccc2F)[nH]1. The molecular formula is C22H27F2N5O. The fourth-order valence-electron chi connectivity index (χ4n) is 4.04. The van der Waals surface area contributed by atoms with Gasteiger partial charge in [-0.1, -0.05) is 26.0 Å². The summed E-state index contributed by atoms with van der Waals surface area (Å²) in [6.45, 7) is 8.30. The molecule has 0 radical (unpaired) electrons. The third-order valence-electron chi connectivity index (χ3n) is 5.22. The van der Waals surface area contributed by atoms with Crippen molar-refractivity contribution in [3.63, 3.8) is 0 Å². The Hall–Kier alpha value is -3.03. The highest BCUT2D eigenvalue weighted by Crippen LogP contribution is 2.26. The van der Waals surface area contributed by atoms with Crippen molar-refractivity contribution in [3.8, 4) is 16.9 Å². The Labute approximate surface area is 174 Å². The van der Waals surface area contributed by atoms with E-state index in [0.717, 1.165) is 30.3 Å². The number of alkyl halides is 1. The number of nitrogens with one attached hydrogen (secondary N) is 1. The quantitative estimate of drug-likeness (QED) is 0.698. The van der Waals surface area contributed by atoms with Crippen LogP contribution in [0.5, 0.6) is 0 Å². The smallest absolute Gasteiger partial charge is 0.271 e. The van der Waals surface area contributed by atoms with Gasteiger partial charge in [-0.25, -0.2) is 19.0 Å². The summed E-state index contributed by atoms with van der Waals surface area (Å²) in [5, 5.41) is 2.98. The van der Waals surface area contributed by atoms with Crippen molar-refractivity contribution in [2.75, 3.05) is 25.2 Å². The number of aromatic nitrogens is 4. The number of hydrogen-bond donors (Lipinski definition) is 1. The Balaban J connectivity index is 0.00000124. The summed E-state index contributed by atoms with van der Waals surface area (Å²) in [4.78, 5) is 23.8. The van der Waals surface area contributed by atoms with Crippen LogP contribution in [0.25, 0.3) is 16.9 Å². The summed E-state index contributed by atoms with van der Waals surface area (Å²) < 4.78 is 24.8. The van der Waals surface area contributed by atoms with Crippen LogP contribution in [0.3, 0.4) is 0 Å². The van der Waals surface area contributed by atoms with Gasteiger partial charge in [0.2, 0.25) is 5.95 Å². The molecule has 1 aliphatic heterocycles. The summed E-state index contributed by atoms with van der Waals surface area (Å²) >= 11 is 0. The first-order valence-corrected chi connectivity index (χ1v) is 9.96. The summed E-state index contributed by atoms with van der Waals surface area (Å²) in [5.41, 5.74) is 1.93. The van der Waals surface area contributed by atoms with Crippen molar-refractivity contribution in [1.29, 1.82) is 0 Å². The van der Waals surface area contributed by atoms with E-state index in [9.17, 15) is 13.6 Å². The van der Waals surface area contributed by atoms with E-state index in [1.165, 1.54) is 23.2 Å². The van der Waals surface area contributed by atoms with Gasteiger partial charge in [0.1, 0.15) is 11.5 Å². The molecule has 2 atom stereocenters. The van der Waals surface area contributed by atoms with Crippen LogP contribution < -0.4 is 10.5 Å². The maximum atomic E-state index is 14.1. The van der Waals surface area contributed by atoms with Gasteiger partial charge in [-0.2, -0.15) is 0 Å². The van der Waals surface area contributed by atoms with Crippen LogP contribution in [-0.4, -0.2) is 40.0 Å². The van der Waals surface area contributed by atoms with E-state index in [2.05, 4.69) is 33.8 Å². The Morgan fingerprint density at radius 3 is 2.43 bits per heavy atom. The van der Waals surface area contributed by atoms with Gasteiger partial charge < -0.3 is 4.90 Å². The number of hydrogen-bond acceptors (Lipinski definition) is 4. The van der Waals surface area contributed by atoms with Gasteiger partial charge in [-0.15, -0.1) is 0 Å². The van der Waals surface area contributed by atoms with Crippen molar-refractivity contribution in [2.24, 2.45) is 11.8 Å². The van der Waals surface area contributed by atoms with E-state index in [1.54, 1.807) is 24.4 Å². The van der Waals surface area contributed by atoms with Gasteiger partial charge in [0.25, 0.3) is 5.56 Å². The van der Waals surface area contributed by atoms with E-state index >= 15 is 0 Å². The molecule has 0 spiro atoms. The zero-order valence-electron chi connectivity index (χ0n) is 17.7. The molecule has 0 amide bonds. The monoisotopic (exact) mass is 415 g/mol. The maximum Gasteiger partial charge on any atom is 0.271 e. The Kier molecular flexibility index (Phi) is 6.64. The second-order valence-corrected chi connectivity index (χ2v) is 7.81. The van der Waals surface area contributed by atoms with E-state index < -0.39 is 5.82 Å². The minimum atomic E-state index is -0.463. The zero-order chi connectivity index (χ0) is 21.8. The predicted molar refractivity (Wildman–Crippen MR) is 114 cm³/mol. The van der Waals surface area contributed by atoms with E-state index in [-0.39, 0.29) is 11.2 Å². The molecule has 6 nitrogen and oxygen atoms in total. The number of aromatic amines is 1. The largest absolute Gasteiger partial charge is 0.340 e. The maximum absolute atomic E-state index is 14.1. The van der Waals surface area contributed by atoms with Crippen LogP contribution in [0.4, 0.5) is 14.7 Å². The van der Waals surface area contributed by atoms with E-state index in [4.69, 9.17) is 0 Å². The van der Waals surface area contributed by atoms with Gasteiger partial charge in [-0.3, -0.25) is 14.3 Å². The molecule has 160 valence electrons. The standard InChI is InChI=1S/C21H24FN5O.CH3F/c1-13-8-14(2)12-26(11-13)21-23-10-16(15(3)24-21)18-9-20(28)27(25-18)19-7-5-4-6-17(19)22;1-2/h4-7,9-10,13-14,25H,8,11-12H2,1-3H3;1H3. The lowest BCUT2D eigenvalue weighted by molar-refractivity contribution is 0.353. The van der Waals surface area contributed by atoms with Crippen molar-refractivity contribution < 1.29 is 8.78 Å². The first-order valence-electron chi connectivity index (χ1n) is 9.96. The summed E-state index contributed by atoms with van der Waals surface area (Å²) in [6.07, 6.45) is 2.96. The number of benzene rings is 1. The number of H-pyrrole nitrogens is 1. The first kappa shape index (κ1) is 21.7. The Morgan fingerprint density at radius 2 is 1.80 bits per heavy atom. The minimum Gasteiger partial charge on any atom is -0.340 e. The van der Waals surface area contributed by atoms with Crippen LogP contribution in [0.1, 0.15) is 26.0 Å². The second kappa shape index (κ2) is 9.19. The van der Waals surface area contributed by atoms with Crippen LogP contribution in [-0.2, 0) is 0 Å². The molecule has 2 aromatic heterocycles. The third-order valence-corrected chi connectivity index (χ3v) is 5.22. The summed E-state index contributed by atoms with van der Waals surface area (Å²) in [7, 11) is 0.500. The lowest BCUT2D eigenvalue weighted by atomic mass is 9.92.